The highest BCUT2D eigenvalue weighted by Crippen LogP contribution is 2.55. The molecule has 1 aliphatic heterocycles. The van der Waals surface area contributed by atoms with Crippen molar-refractivity contribution < 1.29 is 19.7 Å². The zero-order valence-corrected chi connectivity index (χ0v) is 16.4. The Balaban J connectivity index is 1.86. The third kappa shape index (κ3) is 5.95. The fraction of sp³-hybridized carbons (Fsp3) is 0.773. The minimum atomic E-state index is -0.723. The van der Waals surface area contributed by atoms with Gasteiger partial charge in [-0.15, -0.1) is 0 Å². The van der Waals surface area contributed by atoms with Gasteiger partial charge in [-0.25, -0.2) is 0 Å². The highest BCUT2D eigenvalue weighted by molar-refractivity contribution is 5.66. The molecule has 4 heteroatoms. The van der Waals surface area contributed by atoms with Gasteiger partial charge in [0.25, 0.3) is 0 Å². The summed E-state index contributed by atoms with van der Waals surface area (Å²) in [5.74, 6) is 0.188. The molecule has 1 saturated carbocycles. The second kappa shape index (κ2) is 10.3. The first-order valence-electron chi connectivity index (χ1n) is 10.3. The van der Waals surface area contributed by atoms with E-state index >= 15 is 0 Å². The molecule has 26 heavy (non-hydrogen) atoms. The first-order valence-corrected chi connectivity index (χ1v) is 10.3. The highest BCUT2D eigenvalue weighted by Gasteiger charge is 2.54. The van der Waals surface area contributed by atoms with Crippen molar-refractivity contribution in [3.8, 4) is 0 Å². The Morgan fingerprint density at radius 3 is 2.85 bits per heavy atom. The van der Waals surface area contributed by atoms with Gasteiger partial charge < -0.3 is 14.9 Å². The van der Waals surface area contributed by atoms with Gasteiger partial charge in [0, 0.05) is 12.3 Å². The van der Waals surface area contributed by atoms with Crippen LogP contribution in [-0.2, 0) is 9.53 Å². The zero-order valence-electron chi connectivity index (χ0n) is 16.4. The molecular weight excluding hydrogens is 328 g/mol. The quantitative estimate of drug-likeness (QED) is 0.388. The summed E-state index contributed by atoms with van der Waals surface area (Å²) in [6.07, 6.45) is 16.6. The molecule has 148 valence electrons. The number of carboxylic acid groups (broad SMARTS) is 1. The minimum Gasteiger partial charge on any atom is -0.481 e. The summed E-state index contributed by atoms with van der Waals surface area (Å²) in [6.45, 7) is 5.33. The van der Waals surface area contributed by atoms with Crippen LogP contribution in [0.5, 0.6) is 0 Å². The predicted molar refractivity (Wildman–Crippen MR) is 104 cm³/mol. The number of allylic oxidation sites excluding steroid dienone is 2. The lowest BCUT2D eigenvalue weighted by Crippen LogP contribution is -2.33. The number of fused-ring (bicyclic) bond motifs is 2. The van der Waals surface area contributed by atoms with Gasteiger partial charge in [0.2, 0.25) is 0 Å². The van der Waals surface area contributed by atoms with Gasteiger partial charge in [-0.2, -0.15) is 0 Å². The van der Waals surface area contributed by atoms with E-state index in [9.17, 15) is 9.90 Å². The van der Waals surface area contributed by atoms with Crippen molar-refractivity contribution in [2.45, 2.75) is 83.8 Å². The van der Waals surface area contributed by atoms with Crippen LogP contribution in [0.2, 0.25) is 0 Å². The van der Waals surface area contributed by atoms with Crippen LogP contribution in [0.15, 0.2) is 24.3 Å². The number of unbranched alkanes of at least 4 members (excludes halogenated alkanes) is 3. The molecule has 0 aromatic rings. The number of aliphatic hydroxyl groups is 1. The molecule has 4 nitrogen and oxygen atoms in total. The van der Waals surface area contributed by atoms with Crippen molar-refractivity contribution in [2.24, 2.45) is 17.3 Å². The lowest BCUT2D eigenvalue weighted by Gasteiger charge is -2.35. The number of rotatable bonds is 12. The number of aliphatic carboxylic acids is 1. The van der Waals surface area contributed by atoms with E-state index in [2.05, 4.69) is 32.1 Å². The van der Waals surface area contributed by atoms with Crippen LogP contribution in [0, 0.1) is 17.3 Å². The first-order chi connectivity index (χ1) is 12.5. The molecular formula is C22H36O4. The van der Waals surface area contributed by atoms with Crippen LogP contribution in [-0.4, -0.2) is 35.0 Å². The van der Waals surface area contributed by atoms with Crippen LogP contribution in [0.1, 0.15) is 71.6 Å². The van der Waals surface area contributed by atoms with Crippen molar-refractivity contribution >= 4 is 5.97 Å². The maximum absolute atomic E-state index is 10.6. The van der Waals surface area contributed by atoms with Gasteiger partial charge in [-0.1, -0.05) is 57.4 Å². The number of hydrogen-bond acceptors (Lipinski definition) is 3. The predicted octanol–water partition coefficient (Wildman–Crippen LogP) is 4.73. The van der Waals surface area contributed by atoms with Crippen LogP contribution < -0.4 is 0 Å². The van der Waals surface area contributed by atoms with Crippen LogP contribution in [0.3, 0.4) is 0 Å². The molecule has 2 N–H and O–H groups in total. The van der Waals surface area contributed by atoms with Crippen molar-refractivity contribution in [2.75, 3.05) is 6.61 Å². The Labute approximate surface area is 158 Å². The lowest BCUT2D eigenvalue weighted by atomic mass is 9.75. The SMILES string of the molecule is CCCCC[C@@H](O)/C=C/[C@@H]1[C@@H](C/C=C\CCCC(=O)O)[C@@]2(C)CO[C@@H]1C2. The summed E-state index contributed by atoms with van der Waals surface area (Å²) in [4.78, 5) is 10.6. The van der Waals surface area contributed by atoms with Gasteiger partial charge in [0.1, 0.15) is 0 Å². The first kappa shape index (κ1) is 21.2. The Bertz CT molecular complexity index is 498. The molecule has 2 bridgehead atoms. The maximum Gasteiger partial charge on any atom is 0.303 e. The smallest absolute Gasteiger partial charge is 0.303 e. The van der Waals surface area contributed by atoms with E-state index in [1.807, 2.05) is 6.08 Å². The average molecular weight is 365 g/mol. The molecule has 0 aromatic carbocycles. The number of aliphatic hydroxyl groups excluding tert-OH is 1. The molecule has 2 aliphatic rings. The van der Waals surface area contributed by atoms with Crippen molar-refractivity contribution in [3.05, 3.63) is 24.3 Å². The lowest BCUT2D eigenvalue weighted by molar-refractivity contribution is -0.137. The molecule has 0 amide bonds. The van der Waals surface area contributed by atoms with E-state index in [0.717, 1.165) is 38.7 Å². The van der Waals surface area contributed by atoms with Crippen LogP contribution in [0.4, 0.5) is 0 Å². The number of ether oxygens (including phenoxy) is 1. The fourth-order valence-corrected chi connectivity index (χ4v) is 4.49. The number of carboxylic acids is 1. The van der Waals surface area contributed by atoms with Gasteiger partial charge in [0.05, 0.1) is 18.8 Å². The van der Waals surface area contributed by atoms with Crippen molar-refractivity contribution in [1.82, 2.24) is 0 Å². The Morgan fingerprint density at radius 2 is 2.12 bits per heavy atom. The summed E-state index contributed by atoms with van der Waals surface area (Å²) in [5.41, 5.74) is 0.220. The molecule has 0 radical (unpaired) electrons. The zero-order chi connectivity index (χ0) is 19.0. The van der Waals surface area contributed by atoms with Gasteiger partial charge in [-0.05, 0) is 43.4 Å². The summed E-state index contributed by atoms with van der Waals surface area (Å²) < 4.78 is 5.98. The van der Waals surface area contributed by atoms with Crippen molar-refractivity contribution in [3.63, 3.8) is 0 Å². The number of hydrogen-bond donors (Lipinski definition) is 2. The summed E-state index contributed by atoms with van der Waals surface area (Å²) in [6, 6.07) is 0. The topological polar surface area (TPSA) is 66.8 Å². The third-order valence-electron chi connectivity index (χ3n) is 6.06. The molecule has 5 atom stereocenters. The van der Waals surface area contributed by atoms with Crippen molar-refractivity contribution in [1.29, 1.82) is 0 Å². The summed E-state index contributed by atoms with van der Waals surface area (Å²) >= 11 is 0. The molecule has 1 heterocycles. The van der Waals surface area contributed by atoms with E-state index in [-0.39, 0.29) is 24.0 Å². The van der Waals surface area contributed by atoms with Gasteiger partial charge in [0.15, 0.2) is 0 Å². The molecule has 2 rings (SSSR count). The van der Waals surface area contributed by atoms with E-state index in [0.29, 0.717) is 18.3 Å². The minimum absolute atomic E-state index is 0.220. The fourth-order valence-electron chi connectivity index (χ4n) is 4.49. The average Bonchev–Trinajstić information content (AvgIpc) is 3.10. The summed E-state index contributed by atoms with van der Waals surface area (Å²) in [5, 5.41) is 18.9. The van der Waals surface area contributed by atoms with E-state index in [1.54, 1.807) is 0 Å². The van der Waals surface area contributed by atoms with E-state index < -0.39 is 5.97 Å². The second-order valence-electron chi connectivity index (χ2n) is 8.33. The second-order valence-corrected chi connectivity index (χ2v) is 8.33. The molecule has 1 saturated heterocycles. The Kier molecular flexibility index (Phi) is 8.36. The van der Waals surface area contributed by atoms with E-state index in [1.165, 1.54) is 12.8 Å². The molecule has 0 aromatic heterocycles. The highest BCUT2D eigenvalue weighted by atomic mass is 16.5. The maximum atomic E-state index is 10.6. The molecule has 1 aliphatic carbocycles. The monoisotopic (exact) mass is 364 g/mol. The third-order valence-corrected chi connectivity index (χ3v) is 6.06. The number of carbonyl (C=O) groups is 1. The molecule has 0 spiro atoms. The Morgan fingerprint density at radius 1 is 1.31 bits per heavy atom. The molecule has 0 unspecified atom stereocenters. The normalized spacial score (nSPS) is 32.0. The van der Waals surface area contributed by atoms with E-state index in [4.69, 9.17) is 9.84 Å². The standard InChI is InChI=1S/C22H36O4/c1-3-4-7-10-17(23)13-14-18-19(22(2)15-20(18)26-16-22)11-8-5-6-9-12-21(24)25/h5,8,13-14,17-20,23H,3-4,6-7,9-12,15-16H2,1-2H3,(H,24,25)/b8-5-,14-13+/t17-,18-,19-,20-,22-/m1/s1. The van der Waals surface area contributed by atoms with Gasteiger partial charge in [-0.3, -0.25) is 4.79 Å². The van der Waals surface area contributed by atoms with Crippen LogP contribution in [0.25, 0.3) is 0 Å². The Hall–Kier alpha value is -1.13. The van der Waals surface area contributed by atoms with Gasteiger partial charge >= 0.3 is 5.97 Å². The van der Waals surface area contributed by atoms with Crippen LogP contribution >= 0.6 is 0 Å². The molecule has 2 fully saturated rings. The largest absolute Gasteiger partial charge is 0.481 e. The summed E-state index contributed by atoms with van der Waals surface area (Å²) in [7, 11) is 0.